The predicted octanol–water partition coefficient (Wildman–Crippen LogP) is 3.90. The van der Waals surface area contributed by atoms with Crippen molar-refractivity contribution < 1.29 is 9.90 Å². The summed E-state index contributed by atoms with van der Waals surface area (Å²) in [6, 6.07) is 0. The highest BCUT2D eigenvalue weighted by atomic mass is 16.3. The second kappa shape index (κ2) is 5.06. The quantitative estimate of drug-likeness (QED) is 0.746. The van der Waals surface area contributed by atoms with Crippen molar-refractivity contribution in [2.75, 3.05) is 0 Å². The highest BCUT2D eigenvalue weighted by Crippen LogP contribution is 2.61. The Morgan fingerprint density at radius 3 is 2.86 bits per heavy atom. The predicted molar refractivity (Wildman–Crippen MR) is 87.2 cm³/mol. The summed E-state index contributed by atoms with van der Waals surface area (Å²) in [5.74, 6) is 3.10. The van der Waals surface area contributed by atoms with Crippen molar-refractivity contribution in [1.82, 2.24) is 0 Å². The molecule has 0 aliphatic heterocycles. The zero-order valence-corrected chi connectivity index (χ0v) is 13.6. The first-order chi connectivity index (χ1) is 10.5. The molecular formula is C20H28O2. The zero-order valence-electron chi connectivity index (χ0n) is 13.6. The van der Waals surface area contributed by atoms with Gasteiger partial charge in [0.15, 0.2) is 5.78 Å². The van der Waals surface area contributed by atoms with Crippen LogP contribution in [-0.2, 0) is 4.79 Å². The van der Waals surface area contributed by atoms with Crippen LogP contribution in [0.2, 0.25) is 0 Å². The van der Waals surface area contributed by atoms with Crippen LogP contribution in [0.5, 0.6) is 0 Å². The van der Waals surface area contributed by atoms with Crippen molar-refractivity contribution in [2.24, 2.45) is 35.0 Å². The molecule has 7 atom stereocenters. The lowest BCUT2D eigenvalue weighted by molar-refractivity contribution is -0.119. The van der Waals surface area contributed by atoms with Crippen LogP contribution in [0.4, 0.5) is 0 Å². The van der Waals surface area contributed by atoms with E-state index < -0.39 is 0 Å². The van der Waals surface area contributed by atoms with E-state index in [2.05, 4.69) is 13.5 Å². The maximum absolute atomic E-state index is 12.1. The number of aliphatic hydroxyl groups excluding tert-OH is 1. The van der Waals surface area contributed by atoms with Crippen molar-refractivity contribution >= 4 is 5.78 Å². The number of hydrogen-bond acceptors (Lipinski definition) is 2. The van der Waals surface area contributed by atoms with Gasteiger partial charge in [-0.05, 0) is 80.1 Å². The monoisotopic (exact) mass is 300 g/mol. The van der Waals surface area contributed by atoms with Crippen molar-refractivity contribution in [1.29, 1.82) is 0 Å². The molecule has 3 saturated carbocycles. The van der Waals surface area contributed by atoms with Gasteiger partial charge in [-0.25, -0.2) is 0 Å². The van der Waals surface area contributed by atoms with Gasteiger partial charge in [-0.15, -0.1) is 6.58 Å². The molecule has 4 aliphatic carbocycles. The zero-order chi connectivity index (χ0) is 15.5. The highest BCUT2D eigenvalue weighted by molar-refractivity contribution is 5.94. The SMILES string of the molecule is C=CC1C[C@H]2C(=CC1=O)CC[C@@H]1[C@@H]2CC[C@]2(C)[C@@H](O)CC[C@@H]12. The van der Waals surface area contributed by atoms with E-state index in [0.29, 0.717) is 11.8 Å². The van der Waals surface area contributed by atoms with Gasteiger partial charge in [-0.2, -0.15) is 0 Å². The van der Waals surface area contributed by atoms with E-state index in [1.54, 1.807) is 0 Å². The van der Waals surface area contributed by atoms with Crippen molar-refractivity contribution in [2.45, 2.75) is 58.0 Å². The molecule has 120 valence electrons. The normalized spacial score (nSPS) is 50.6. The minimum Gasteiger partial charge on any atom is -0.393 e. The van der Waals surface area contributed by atoms with Crippen LogP contribution in [-0.4, -0.2) is 17.0 Å². The van der Waals surface area contributed by atoms with E-state index in [-0.39, 0.29) is 23.2 Å². The van der Waals surface area contributed by atoms with Gasteiger partial charge in [-0.1, -0.05) is 18.6 Å². The average molecular weight is 300 g/mol. The van der Waals surface area contributed by atoms with Crippen molar-refractivity contribution in [3.63, 3.8) is 0 Å². The molecule has 0 aromatic carbocycles. The van der Waals surface area contributed by atoms with Crippen LogP contribution >= 0.6 is 0 Å². The second-order valence-electron chi connectivity index (χ2n) is 8.42. The molecule has 22 heavy (non-hydrogen) atoms. The Labute approximate surface area is 133 Å². The largest absolute Gasteiger partial charge is 0.393 e. The van der Waals surface area contributed by atoms with Crippen molar-refractivity contribution in [3.05, 3.63) is 24.3 Å². The van der Waals surface area contributed by atoms with Crippen LogP contribution in [0.3, 0.4) is 0 Å². The number of allylic oxidation sites excluding steroid dienone is 2. The Morgan fingerprint density at radius 1 is 1.27 bits per heavy atom. The summed E-state index contributed by atoms with van der Waals surface area (Å²) >= 11 is 0. The smallest absolute Gasteiger partial charge is 0.162 e. The van der Waals surface area contributed by atoms with E-state index >= 15 is 0 Å². The summed E-state index contributed by atoms with van der Waals surface area (Å²) in [6.45, 7) is 6.19. The number of hydrogen-bond donors (Lipinski definition) is 1. The molecule has 0 bridgehead atoms. The topological polar surface area (TPSA) is 37.3 Å². The number of ketones is 1. The Morgan fingerprint density at radius 2 is 2.09 bits per heavy atom. The molecule has 2 heteroatoms. The maximum Gasteiger partial charge on any atom is 0.162 e. The highest BCUT2D eigenvalue weighted by Gasteiger charge is 2.56. The van der Waals surface area contributed by atoms with E-state index in [1.807, 2.05) is 12.2 Å². The van der Waals surface area contributed by atoms with Gasteiger partial charge in [-0.3, -0.25) is 4.79 Å². The molecule has 0 heterocycles. The molecule has 2 nitrogen and oxygen atoms in total. The third kappa shape index (κ3) is 1.92. The summed E-state index contributed by atoms with van der Waals surface area (Å²) in [4.78, 5) is 12.1. The van der Waals surface area contributed by atoms with Gasteiger partial charge in [0.1, 0.15) is 0 Å². The fourth-order valence-electron chi connectivity index (χ4n) is 6.40. The summed E-state index contributed by atoms with van der Waals surface area (Å²) in [6.07, 6.45) is 11.6. The fraction of sp³-hybridized carbons (Fsp3) is 0.750. The Hall–Kier alpha value is -0.890. The van der Waals surface area contributed by atoms with Crippen molar-refractivity contribution in [3.8, 4) is 0 Å². The van der Waals surface area contributed by atoms with E-state index in [4.69, 9.17) is 0 Å². The first-order valence-corrected chi connectivity index (χ1v) is 9.09. The number of carbonyl (C=O) groups excluding carboxylic acids is 1. The van der Waals surface area contributed by atoms with Gasteiger partial charge in [0.05, 0.1) is 6.10 Å². The third-order valence-electron chi connectivity index (χ3n) is 7.69. The summed E-state index contributed by atoms with van der Waals surface area (Å²) in [7, 11) is 0. The maximum atomic E-state index is 12.1. The van der Waals surface area contributed by atoms with Crippen LogP contribution in [0, 0.1) is 35.0 Å². The van der Waals surface area contributed by atoms with Gasteiger partial charge < -0.3 is 5.11 Å². The number of carbonyl (C=O) groups is 1. The third-order valence-corrected chi connectivity index (χ3v) is 7.69. The molecule has 0 saturated heterocycles. The van der Waals surface area contributed by atoms with Gasteiger partial charge in [0.2, 0.25) is 0 Å². The van der Waals surface area contributed by atoms with Crippen LogP contribution < -0.4 is 0 Å². The molecule has 0 radical (unpaired) electrons. The molecule has 1 N–H and O–H groups in total. The number of aliphatic hydroxyl groups is 1. The van der Waals surface area contributed by atoms with Gasteiger partial charge in [0, 0.05) is 5.92 Å². The first kappa shape index (κ1) is 14.7. The molecular weight excluding hydrogens is 272 g/mol. The fourth-order valence-corrected chi connectivity index (χ4v) is 6.40. The number of rotatable bonds is 1. The average Bonchev–Trinajstić information content (AvgIpc) is 2.82. The van der Waals surface area contributed by atoms with Gasteiger partial charge in [0.25, 0.3) is 0 Å². The molecule has 0 aromatic rings. The van der Waals surface area contributed by atoms with E-state index in [0.717, 1.165) is 37.5 Å². The summed E-state index contributed by atoms with van der Waals surface area (Å²) in [5.41, 5.74) is 1.58. The lowest BCUT2D eigenvalue weighted by Crippen LogP contribution is -2.48. The van der Waals surface area contributed by atoms with E-state index in [9.17, 15) is 9.90 Å². The Bertz CT molecular complexity index is 534. The molecule has 0 amide bonds. The minimum atomic E-state index is -0.0933. The lowest BCUT2D eigenvalue weighted by Gasteiger charge is -2.53. The summed E-state index contributed by atoms with van der Waals surface area (Å²) < 4.78 is 0. The molecule has 4 rings (SSSR count). The summed E-state index contributed by atoms with van der Waals surface area (Å²) in [5, 5.41) is 10.5. The van der Waals surface area contributed by atoms with Crippen LogP contribution in [0.25, 0.3) is 0 Å². The molecule has 1 unspecified atom stereocenters. The van der Waals surface area contributed by atoms with E-state index in [1.165, 1.54) is 24.8 Å². The Balaban J connectivity index is 1.63. The molecule has 0 spiro atoms. The Kier molecular flexibility index (Phi) is 3.38. The minimum absolute atomic E-state index is 0.0370. The number of fused-ring (bicyclic) bond motifs is 5. The van der Waals surface area contributed by atoms with Crippen LogP contribution in [0.1, 0.15) is 51.9 Å². The standard InChI is InChI=1S/C20H28O2/c1-3-12-10-16-13(11-18(12)21)4-5-15-14(16)8-9-20(2)17(15)6-7-19(20)22/h3,11-12,14-17,19,22H,1,4-10H2,2H3/t12?,14-,15+,16-,17-,19-,20-/m0/s1. The van der Waals surface area contributed by atoms with Crippen LogP contribution in [0.15, 0.2) is 24.3 Å². The second-order valence-corrected chi connectivity index (χ2v) is 8.42. The molecule has 3 fully saturated rings. The van der Waals surface area contributed by atoms with Gasteiger partial charge >= 0.3 is 0 Å². The first-order valence-electron chi connectivity index (χ1n) is 9.09. The molecule has 0 aromatic heterocycles. The lowest BCUT2D eigenvalue weighted by atomic mass is 9.51. The molecule has 4 aliphatic rings.